The molecule has 1 saturated heterocycles. The van der Waals surface area contributed by atoms with Crippen LogP contribution in [0.3, 0.4) is 0 Å². The van der Waals surface area contributed by atoms with Crippen LogP contribution in [0.15, 0.2) is 24.3 Å². The van der Waals surface area contributed by atoms with E-state index in [-0.39, 0.29) is 5.91 Å². The molecule has 0 aliphatic carbocycles. The number of hydrogen-bond acceptors (Lipinski definition) is 3. The van der Waals surface area contributed by atoms with E-state index in [4.69, 9.17) is 21.4 Å². The molecule has 0 saturated carbocycles. The highest BCUT2D eigenvalue weighted by Gasteiger charge is 2.28. The maximum atomic E-state index is 13.3. The highest BCUT2D eigenvalue weighted by Crippen LogP contribution is 2.27. The predicted octanol–water partition coefficient (Wildman–Crippen LogP) is 3.90. The number of benzene rings is 1. The molecule has 1 fully saturated rings. The number of aromatic nitrogens is 2. The van der Waals surface area contributed by atoms with Crippen molar-refractivity contribution in [1.82, 2.24) is 14.7 Å². The molecule has 26 heavy (non-hydrogen) atoms. The molecule has 5 nitrogen and oxygen atoms in total. The van der Waals surface area contributed by atoms with E-state index in [1.165, 1.54) is 0 Å². The van der Waals surface area contributed by atoms with Crippen LogP contribution in [-0.4, -0.2) is 46.9 Å². The molecule has 1 aliphatic rings. The molecule has 6 heteroatoms. The van der Waals surface area contributed by atoms with E-state index < -0.39 is 0 Å². The summed E-state index contributed by atoms with van der Waals surface area (Å²) in [5.41, 5.74) is 3.42. The molecular weight excluding hydrogens is 350 g/mol. The minimum Gasteiger partial charge on any atom is -0.378 e. The molecule has 1 amide bonds. The molecule has 1 aliphatic heterocycles. The number of carbonyl (C=O) groups excluding carboxylic acids is 1. The van der Waals surface area contributed by atoms with Crippen molar-refractivity contribution in [2.24, 2.45) is 0 Å². The Morgan fingerprint density at radius 1 is 1.15 bits per heavy atom. The largest absolute Gasteiger partial charge is 0.378 e. The Bertz CT molecular complexity index is 766. The van der Waals surface area contributed by atoms with Gasteiger partial charge in [0.2, 0.25) is 0 Å². The number of rotatable bonds is 6. The molecule has 0 atom stereocenters. The van der Waals surface area contributed by atoms with E-state index in [9.17, 15) is 4.79 Å². The first-order valence-corrected chi connectivity index (χ1v) is 9.77. The first-order valence-electron chi connectivity index (χ1n) is 9.40. The van der Waals surface area contributed by atoms with Gasteiger partial charge < -0.3 is 9.64 Å². The van der Waals surface area contributed by atoms with E-state index in [0.717, 1.165) is 48.3 Å². The topological polar surface area (TPSA) is 47.4 Å². The van der Waals surface area contributed by atoms with Gasteiger partial charge in [0, 0.05) is 13.1 Å². The minimum absolute atomic E-state index is 0.0681. The highest BCUT2D eigenvalue weighted by molar-refractivity contribution is 6.32. The quantitative estimate of drug-likeness (QED) is 0.769. The normalized spacial score (nSPS) is 14.7. The van der Waals surface area contributed by atoms with Gasteiger partial charge in [-0.3, -0.25) is 4.79 Å². The summed E-state index contributed by atoms with van der Waals surface area (Å²) in [6.45, 7) is 6.68. The van der Waals surface area contributed by atoms with Crippen LogP contribution in [0.2, 0.25) is 5.02 Å². The third-order valence-electron chi connectivity index (χ3n) is 4.62. The van der Waals surface area contributed by atoms with Gasteiger partial charge in [-0.1, -0.05) is 50.4 Å². The molecule has 0 radical (unpaired) electrons. The number of para-hydroxylation sites is 1. The maximum absolute atomic E-state index is 13.3. The molecule has 2 aromatic rings. The van der Waals surface area contributed by atoms with Crippen molar-refractivity contribution in [3.05, 3.63) is 46.2 Å². The maximum Gasteiger partial charge on any atom is 0.257 e. The second-order valence-corrected chi connectivity index (χ2v) is 6.94. The van der Waals surface area contributed by atoms with Crippen molar-refractivity contribution in [1.29, 1.82) is 0 Å². The number of amides is 1. The molecule has 2 heterocycles. The Balaban J connectivity index is 2.11. The lowest BCUT2D eigenvalue weighted by molar-refractivity contribution is 0.0301. The summed E-state index contributed by atoms with van der Waals surface area (Å²) in [5, 5.41) is 5.46. The van der Waals surface area contributed by atoms with Crippen molar-refractivity contribution >= 4 is 17.5 Å². The average molecular weight is 376 g/mol. The lowest BCUT2D eigenvalue weighted by atomic mass is 10.0. The molecule has 0 bridgehead atoms. The standard InChI is InChI=1S/C20H26ClN3O2/c1-3-7-16-19(20(25)23-11-13-26-14-12-23)18(8-4-2)24(22-16)17-10-6-5-9-15(17)21/h5-6,9-10H,3-4,7-8,11-14H2,1-2H3. The van der Waals surface area contributed by atoms with Gasteiger partial charge in [0.25, 0.3) is 5.91 Å². The van der Waals surface area contributed by atoms with Crippen molar-refractivity contribution in [2.75, 3.05) is 26.3 Å². The fraction of sp³-hybridized carbons (Fsp3) is 0.500. The van der Waals surface area contributed by atoms with Gasteiger partial charge in [0.05, 0.1) is 40.9 Å². The van der Waals surface area contributed by atoms with Gasteiger partial charge in [0.15, 0.2) is 0 Å². The van der Waals surface area contributed by atoms with Gasteiger partial charge >= 0.3 is 0 Å². The number of nitrogens with zero attached hydrogens (tertiary/aromatic N) is 3. The van der Waals surface area contributed by atoms with Crippen molar-refractivity contribution in [2.45, 2.75) is 39.5 Å². The fourth-order valence-corrected chi connectivity index (χ4v) is 3.59. The van der Waals surface area contributed by atoms with Crippen LogP contribution in [0.5, 0.6) is 0 Å². The van der Waals surface area contributed by atoms with Crippen LogP contribution in [0.4, 0.5) is 0 Å². The van der Waals surface area contributed by atoms with Crippen molar-refractivity contribution < 1.29 is 9.53 Å². The summed E-state index contributed by atoms with van der Waals surface area (Å²) in [7, 11) is 0. The van der Waals surface area contributed by atoms with Gasteiger partial charge in [-0.05, 0) is 25.0 Å². The first kappa shape index (κ1) is 18.9. The number of carbonyl (C=O) groups is 1. The molecule has 0 unspecified atom stereocenters. The Morgan fingerprint density at radius 2 is 1.85 bits per heavy atom. The number of ether oxygens (including phenoxy) is 1. The molecule has 0 N–H and O–H groups in total. The zero-order valence-corrected chi connectivity index (χ0v) is 16.3. The Hall–Kier alpha value is -1.85. The lowest BCUT2D eigenvalue weighted by Gasteiger charge is -2.27. The van der Waals surface area contributed by atoms with Gasteiger partial charge in [0.1, 0.15) is 0 Å². The summed E-state index contributed by atoms with van der Waals surface area (Å²) in [6, 6.07) is 7.66. The van der Waals surface area contributed by atoms with Crippen LogP contribution in [0, 0.1) is 0 Å². The third-order valence-corrected chi connectivity index (χ3v) is 4.94. The number of morpholine rings is 1. The number of halogens is 1. The zero-order valence-electron chi connectivity index (χ0n) is 15.5. The van der Waals surface area contributed by atoms with E-state index >= 15 is 0 Å². The van der Waals surface area contributed by atoms with E-state index in [1.54, 1.807) is 0 Å². The summed E-state index contributed by atoms with van der Waals surface area (Å²) < 4.78 is 7.28. The third kappa shape index (κ3) is 3.79. The molecule has 140 valence electrons. The second-order valence-electron chi connectivity index (χ2n) is 6.54. The Labute approximate surface area is 159 Å². The van der Waals surface area contributed by atoms with Gasteiger partial charge in [-0.25, -0.2) is 4.68 Å². The van der Waals surface area contributed by atoms with Gasteiger partial charge in [-0.2, -0.15) is 5.10 Å². The molecule has 1 aromatic heterocycles. The first-order chi connectivity index (χ1) is 12.7. The summed E-state index contributed by atoms with van der Waals surface area (Å²) in [5.74, 6) is 0.0681. The molecule has 0 spiro atoms. The van der Waals surface area contributed by atoms with E-state index in [1.807, 2.05) is 33.8 Å². The van der Waals surface area contributed by atoms with E-state index in [2.05, 4.69) is 13.8 Å². The number of aryl methyl sites for hydroxylation is 1. The molecule has 3 rings (SSSR count). The molecular formula is C20H26ClN3O2. The summed E-state index contributed by atoms with van der Waals surface area (Å²) in [4.78, 5) is 15.2. The minimum atomic E-state index is 0.0681. The van der Waals surface area contributed by atoms with E-state index in [0.29, 0.717) is 31.3 Å². The van der Waals surface area contributed by atoms with Crippen LogP contribution in [0.25, 0.3) is 5.69 Å². The molecule has 1 aromatic carbocycles. The van der Waals surface area contributed by atoms with Gasteiger partial charge in [-0.15, -0.1) is 0 Å². The van der Waals surface area contributed by atoms with Crippen LogP contribution >= 0.6 is 11.6 Å². The van der Waals surface area contributed by atoms with Crippen molar-refractivity contribution in [3.8, 4) is 5.69 Å². The predicted molar refractivity (Wildman–Crippen MR) is 103 cm³/mol. The lowest BCUT2D eigenvalue weighted by Crippen LogP contribution is -2.41. The SMILES string of the molecule is CCCc1nn(-c2ccccc2Cl)c(CCC)c1C(=O)N1CCOCC1. The highest BCUT2D eigenvalue weighted by atomic mass is 35.5. The van der Waals surface area contributed by atoms with Crippen molar-refractivity contribution in [3.63, 3.8) is 0 Å². The fourth-order valence-electron chi connectivity index (χ4n) is 3.38. The Kier molecular flexibility index (Phi) is 6.33. The Morgan fingerprint density at radius 3 is 2.50 bits per heavy atom. The second kappa shape index (κ2) is 8.69. The van der Waals surface area contributed by atoms with Crippen LogP contribution in [-0.2, 0) is 17.6 Å². The number of hydrogen-bond donors (Lipinski definition) is 0. The zero-order chi connectivity index (χ0) is 18.5. The summed E-state index contributed by atoms with van der Waals surface area (Å²) >= 11 is 6.43. The monoisotopic (exact) mass is 375 g/mol. The van der Waals surface area contributed by atoms with Crippen LogP contribution < -0.4 is 0 Å². The van der Waals surface area contributed by atoms with Crippen LogP contribution in [0.1, 0.15) is 48.4 Å². The average Bonchev–Trinajstić information content (AvgIpc) is 3.01. The smallest absolute Gasteiger partial charge is 0.257 e. The summed E-state index contributed by atoms with van der Waals surface area (Å²) in [6.07, 6.45) is 3.44.